The smallest absolute Gasteiger partial charge is 0.229 e. The van der Waals surface area contributed by atoms with Crippen molar-refractivity contribution < 1.29 is 0 Å². The lowest BCUT2D eigenvalue weighted by Gasteiger charge is -2.28. The van der Waals surface area contributed by atoms with E-state index in [0.717, 1.165) is 18.1 Å². The van der Waals surface area contributed by atoms with Crippen molar-refractivity contribution in [3.63, 3.8) is 0 Å². The van der Waals surface area contributed by atoms with E-state index in [1.54, 1.807) is 0 Å². The maximum absolute atomic E-state index is 4.63. The number of anilines is 4. The third-order valence-electron chi connectivity index (χ3n) is 4.72. The van der Waals surface area contributed by atoms with Gasteiger partial charge in [0, 0.05) is 44.3 Å². The van der Waals surface area contributed by atoms with Crippen LogP contribution in [0.5, 0.6) is 0 Å². The maximum atomic E-state index is 4.63. The number of benzene rings is 1. The highest BCUT2D eigenvalue weighted by molar-refractivity contribution is 5.60. The van der Waals surface area contributed by atoms with Gasteiger partial charge in [0.2, 0.25) is 5.95 Å². The van der Waals surface area contributed by atoms with Gasteiger partial charge in [-0.05, 0) is 56.0 Å². The Morgan fingerprint density at radius 1 is 1.08 bits per heavy atom. The molecular formula is C20H29N5. The van der Waals surface area contributed by atoms with Crippen LogP contribution in [0.3, 0.4) is 0 Å². The van der Waals surface area contributed by atoms with E-state index in [1.807, 2.05) is 12.3 Å². The van der Waals surface area contributed by atoms with Crippen molar-refractivity contribution in [1.82, 2.24) is 9.97 Å². The number of unbranched alkanes of at least 4 members (excludes halogenated alkanes) is 1. The number of rotatable bonds is 7. The van der Waals surface area contributed by atoms with Gasteiger partial charge in [-0.25, -0.2) is 4.98 Å². The lowest BCUT2D eigenvalue weighted by Crippen LogP contribution is -2.29. The van der Waals surface area contributed by atoms with E-state index in [2.05, 4.69) is 63.3 Å². The number of hydrogen-bond acceptors (Lipinski definition) is 5. The van der Waals surface area contributed by atoms with Crippen LogP contribution in [0, 0.1) is 0 Å². The SMILES string of the molecule is CCCCN(C)c1ccnc(Nc2ccc(N3CCCCC3)cc2)n1. The second-order valence-electron chi connectivity index (χ2n) is 6.73. The zero-order valence-electron chi connectivity index (χ0n) is 15.4. The number of nitrogens with one attached hydrogen (secondary N) is 1. The predicted octanol–water partition coefficient (Wildman–Crippen LogP) is 4.45. The number of hydrogen-bond donors (Lipinski definition) is 1. The van der Waals surface area contributed by atoms with Gasteiger partial charge in [0.25, 0.3) is 0 Å². The Balaban J connectivity index is 1.63. The van der Waals surface area contributed by atoms with E-state index in [9.17, 15) is 0 Å². The van der Waals surface area contributed by atoms with Crippen molar-refractivity contribution in [2.75, 3.05) is 41.8 Å². The van der Waals surface area contributed by atoms with E-state index < -0.39 is 0 Å². The summed E-state index contributed by atoms with van der Waals surface area (Å²) in [5.41, 5.74) is 2.33. The number of nitrogens with zero attached hydrogens (tertiary/aromatic N) is 4. The van der Waals surface area contributed by atoms with Crippen molar-refractivity contribution in [2.24, 2.45) is 0 Å². The first kappa shape index (κ1) is 17.5. The highest BCUT2D eigenvalue weighted by atomic mass is 15.2. The first-order valence-electron chi connectivity index (χ1n) is 9.42. The molecule has 3 rings (SSSR count). The molecule has 0 bridgehead atoms. The summed E-state index contributed by atoms with van der Waals surface area (Å²) in [5.74, 6) is 1.60. The molecule has 0 amide bonds. The molecule has 0 spiro atoms. The first-order valence-corrected chi connectivity index (χ1v) is 9.42. The van der Waals surface area contributed by atoms with E-state index in [4.69, 9.17) is 0 Å². The summed E-state index contributed by atoms with van der Waals surface area (Å²) in [5, 5.41) is 3.32. The zero-order valence-corrected chi connectivity index (χ0v) is 15.4. The molecule has 0 aliphatic carbocycles. The molecule has 1 N–H and O–H groups in total. The Labute approximate surface area is 151 Å². The minimum absolute atomic E-state index is 0.645. The highest BCUT2D eigenvalue weighted by Gasteiger charge is 2.11. The molecule has 0 radical (unpaired) electrons. The molecular weight excluding hydrogens is 310 g/mol. The lowest BCUT2D eigenvalue weighted by atomic mass is 10.1. The minimum atomic E-state index is 0.645. The van der Waals surface area contributed by atoms with E-state index >= 15 is 0 Å². The van der Waals surface area contributed by atoms with E-state index in [1.165, 1.54) is 50.9 Å². The third kappa shape index (κ3) is 4.84. The normalized spacial score (nSPS) is 14.4. The van der Waals surface area contributed by atoms with E-state index in [0.29, 0.717) is 5.95 Å². The lowest BCUT2D eigenvalue weighted by molar-refractivity contribution is 0.578. The summed E-state index contributed by atoms with van der Waals surface area (Å²) in [6.07, 6.45) is 8.12. The van der Waals surface area contributed by atoms with Crippen LogP contribution < -0.4 is 15.1 Å². The van der Waals surface area contributed by atoms with Crippen LogP contribution in [-0.2, 0) is 0 Å². The Hall–Kier alpha value is -2.30. The van der Waals surface area contributed by atoms with Gasteiger partial charge >= 0.3 is 0 Å². The minimum Gasteiger partial charge on any atom is -0.372 e. The Morgan fingerprint density at radius 2 is 1.84 bits per heavy atom. The molecule has 1 aliphatic rings. The summed E-state index contributed by atoms with van der Waals surface area (Å²) in [4.78, 5) is 13.6. The van der Waals surface area contributed by atoms with Crippen molar-refractivity contribution >= 4 is 23.1 Å². The van der Waals surface area contributed by atoms with Crippen LogP contribution >= 0.6 is 0 Å². The molecule has 134 valence electrons. The highest BCUT2D eigenvalue weighted by Crippen LogP contribution is 2.23. The molecule has 5 heteroatoms. The van der Waals surface area contributed by atoms with Gasteiger partial charge in [-0.3, -0.25) is 0 Å². The van der Waals surface area contributed by atoms with Gasteiger partial charge in [0.1, 0.15) is 5.82 Å². The fraction of sp³-hybridized carbons (Fsp3) is 0.500. The molecule has 1 fully saturated rings. The molecule has 2 aromatic rings. The summed E-state index contributed by atoms with van der Waals surface area (Å²) >= 11 is 0. The number of aromatic nitrogens is 2. The molecule has 1 aromatic heterocycles. The van der Waals surface area contributed by atoms with Gasteiger partial charge < -0.3 is 15.1 Å². The molecule has 2 heterocycles. The predicted molar refractivity (Wildman–Crippen MR) is 106 cm³/mol. The Bertz CT molecular complexity index is 649. The largest absolute Gasteiger partial charge is 0.372 e. The quantitative estimate of drug-likeness (QED) is 0.807. The fourth-order valence-corrected chi connectivity index (χ4v) is 3.17. The van der Waals surface area contributed by atoms with Crippen molar-refractivity contribution in [3.05, 3.63) is 36.5 Å². The Kier molecular flexibility index (Phi) is 6.09. The van der Waals surface area contributed by atoms with Crippen LogP contribution in [0.25, 0.3) is 0 Å². The summed E-state index contributed by atoms with van der Waals surface area (Å²) in [7, 11) is 2.08. The second-order valence-corrected chi connectivity index (χ2v) is 6.73. The molecule has 1 saturated heterocycles. The molecule has 1 aromatic carbocycles. The van der Waals surface area contributed by atoms with Gasteiger partial charge in [-0.15, -0.1) is 0 Å². The standard InChI is InChI=1S/C20H29N5/c1-3-4-14-24(2)19-12-13-21-20(23-19)22-17-8-10-18(11-9-17)25-15-6-5-7-16-25/h8-13H,3-7,14-16H2,1-2H3,(H,21,22,23). The second kappa shape index (κ2) is 8.70. The topological polar surface area (TPSA) is 44.3 Å². The fourth-order valence-electron chi connectivity index (χ4n) is 3.17. The molecule has 1 aliphatic heterocycles. The Morgan fingerprint density at radius 3 is 2.56 bits per heavy atom. The van der Waals surface area contributed by atoms with Crippen LogP contribution in [0.1, 0.15) is 39.0 Å². The van der Waals surface area contributed by atoms with Crippen molar-refractivity contribution in [1.29, 1.82) is 0 Å². The average Bonchev–Trinajstić information content (AvgIpc) is 2.67. The van der Waals surface area contributed by atoms with Crippen LogP contribution in [0.4, 0.5) is 23.1 Å². The van der Waals surface area contributed by atoms with Gasteiger partial charge in [0.15, 0.2) is 0 Å². The zero-order chi connectivity index (χ0) is 17.5. The molecule has 25 heavy (non-hydrogen) atoms. The van der Waals surface area contributed by atoms with Crippen LogP contribution in [0.15, 0.2) is 36.5 Å². The molecule has 0 saturated carbocycles. The van der Waals surface area contributed by atoms with Crippen molar-refractivity contribution in [3.8, 4) is 0 Å². The molecule has 5 nitrogen and oxygen atoms in total. The van der Waals surface area contributed by atoms with Gasteiger partial charge in [-0.2, -0.15) is 4.98 Å². The average molecular weight is 339 g/mol. The third-order valence-corrected chi connectivity index (χ3v) is 4.72. The van der Waals surface area contributed by atoms with Gasteiger partial charge in [0.05, 0.1) is 0 Å². The van der Waals surface area contributed by atoms with Crippen molar-refractivity contribution in [2.45, 2.75) is 39.0 Å². The van der Waals surface area contributed by atoms with Crippen LogP contribution in [-0.4, -0.2) is 36.6 Å². The number of piperidine rings is 1. The molecule has 0 atom stereocenters. The monoisotopic (exact) mass is 339 g/mol. The summed E-state index contributed by atoms with van der Waals surface area (Å²) in [6, 6.07) is 10.6. The van der Waals surface area contributed by atoms with Gasteiger partial charge in [-0.1, -0.05) is 13.3 Å². The summed E-state index contributed by atoms with van der Waals surface area (Å²) in [6.45, 7) is 5.55. The maximum Gasteiger partial charge on any atom is 0.229 e. The summed E-state index contributed by atoms with van der Waals surface area (Å²) < 4.78 is 0. The van der Waals surface area contributed by atoms with Crippen LogP contribution in [0.2, 0.25) is 0 Å². The first-order chi connectivity index (χ1) is 12.3. The molecule has 0 unspecified atom stereocenters. The van der Waals surface area contributed by atoms with E-state index in [-0.39, 0.29) is 0 Å².